The molecule has 0 radical (unpaired) electrons. The average Bonchev–Trinajstić information content (AvgIpc) is 2.37. The minimum absolute atomic E-state index is 0.229. The van der Waals surface area contributed by atoms with Crippen LogP contribution < -0.4 is 4.74 Å². The van der Waals surface area contributed by atoms with Crippen LogP contribution in [-0.2, 0) is 0 Å². The number of alkyl halides is 2. The van der Waals surface area contributed by atoms with Crippen LogP contribution in [0, 0.1) is 0 Å². The maximum atomic E-state index is 11.9. The lowest BCUT2D eigenvalue weighted by atomic mass is 10.7. The first-order valence-corrected chi connectivity index (χ1v) is 3.20. The van der Waals surface area contributed by atoms with Crippen LogP contribution in [0.2, 0.25) is 0 Å². The van der Waals surface area contributed by atoms with Crippen molar-refractivity contribution in [2.45, 2.75) is 13.5 Å². The first-order chi connectivity index (χ1) is 5.24. The Morgan fingerprint density at radius 1 is 1.73 bits per heavy atom. The fourth-order valence-electron chi connectivity index (χ4n) is 0.654. The molecule has 1 heterocycles. The van der Waals surface area contributed by atoms with Crippen molar-refractivity contribution in [3.8, 4) is 5.88 Å². The van der Waals surface area contributed by atoms with E-state index in [-0.39, 0.29) is 5.88 Å². The summed E-state index contributed by atoms with van der Waals surface area (Å²) in [5.74, 6) is 0.229. The van der Waals surface area contributed by atoms with Gasteiger partial charge in [0.05, 0.1) is 6.61 Å². The molecule has 1 aromatic rings. The van der Waals surface area contributed by atoms with E-state index >= 15 is 0 Å². The van der Waals surface area contributed by atoms with E-state index in [1.54, 1.807) is 6.92 Å². The van der Waals surface area contributed by atoms with Gasteiger partial charge in [-0.2, -0.15) is 8.78 Å². The molecular formula is C6H8F2N2O. The Hall–Kier alpha value is -1.13. The van der Waals surface area contributed by atoms with Gasteiger partial charge in [-0.1, -0.05) is 0 Å². The molecule has 0 amide bonds. The Morgan fingerprint density at radius 3 is 2.91 bits per heavy atom. The molecule has 0 bridgehead atoms. The van der Waals surface area contributed by atoms with Gasteiger partial charge in [-0.05, 0) is 6.92 Å². The minimum atomic E-state index is -2.59. The zero-order valence-electron chi connectivity index (χ0n) is 6.00. The van der Waals surface area contributed by atoms with Crippen LogP contribution in [0.5, 0.6) is 5.88 Å². The third-order valence-electron chi connectivity index (χ3n) is 1.08. The maximum Gasteiger partial charge on any atom is 0.333 e. The van der Waals surface area contributed by atoms with E-state index in [4.69, 9.17) is 4.74 Å². The van der Waals surface area contributed by atoms with Crippen LogP contribution in [0.1, 0.15) is 13.5 Å². The molecule has 0 saturated heterocycles. The quantitative estimate of drug-likeness (QED) is 0.676. The molecule has 62 valence electrons. The Kier molecular flexibility index (Phi) is 2.40. The van der Waals surface area contributed by atoms with Crippen LogP contribution in [-0.4, -0.2) is 16.4 Å². The first-order valence-electron chi connectivity index (χ1n) is 3.20. The monoisotopic (exact) mass is 162 g/mol. The zero-order valence-corrected chi connectivity index (χ0v) is 6.00. The first kappa shape index (κ1) is 7.97. The molecule has 0 fully saturated rings. The fourth-order valence-corrected chi connectivity index (χ4v) is 0.654. The Bertz CT molecular complexity index is 224. The highest BCUT2D eigenvalue weighted by Gasteiger charge is 2.06. The van der Waals surface area contributed by atoms with E-state index in [9.17, 15) is 8.78 Å². The van der Waals surface area contributed by atoms with Crippen molar-refractivity contribution in [2.24, 2.45) is 0 Å². The summed E-state index contributed by atoms with van der Waals surface area (Å²) in [4.78, 5) is 0. The fraction of sp³-hybridized carbons (Fsp3) is 0.500. The highest BCUT2D eigenvalue weighted by Crippen LogP contribution is 2.12. The van der Waals surface area contributed by atoms with E-state index in [2.05, 4.69) is 5.10 Å². The molecular weight excluding hydrogens is 154 g/mol. The van der Waals surface area contributed by atoms with Crippen molar-refractivity contribution in [2.75, 3.05) is 6.61 Å². The largest absolute Gasteiger partial charge is 0.477 e. The van der Waals surface area contributed by atoms with Gasteiger partial charge in [-0.15, -0.1) is 5.10 Å². The lowest BCUT2D eigenvalue weighted by molar-refractivity contribution is 0.0551. The van der Waals surface area contributed by atoms with Gasteiger partial charge in [0, 0.05) is 12.3 Å². The topological polar surface area (TPSA) is 27.1 Å². The van der Waals surface area contributed by atoms with Crippen molar-refractivity contribution in [3.05, 3.63) is 12.3 Å². The van der Waals surface area contributed by atoms with Gasteiger partial charge in [0.2, 0.25) is 5.88 Å². The van der Waals surface area contributed by atoms with Crippen LogP contribution in [0.3, 0.4) is 0 Å². The summed E-state index contributed by atoms with van der Waals surface area (Å²) < 4.78 is 29.1. The smallest absolute Gasteiger partial charge is 0.333 e. The Morgan fingerprint density at radius 2 is 2.45 bits per heavy atom. The van der Waals surface area contributed by atoms with Crippen LogP contribution in [0.15, 0.2) is 12.3 Å². The SMILES string of the molecule is CCOc1ccn(C(F)F)n1. The lowest BCUT2D eigenvalue weighted by Gasteiger charge is -1.97. The van der Waals surface area contributed by atoms with Crippen LogP contribution >= 0.6 is 0 Å². The molecule has 0 aromatic carbocycles. The summed E-state index contributed by atoms with van der Waals surface area (Å²) in [6.07, 6.45) is 1.18. The van der Waals surface area contributed by atoms with Gasteiger partial charge in [0.25, 0.3) is 0 Å². The second-order valence-corrected chi connectivity index (χ2v) is 1.84. The molecule has 1 rings (SSSR count). The number of halogens is 2. The molecule has 5 heteroatoms. The van der Waals surface area contributed by atoms with E-state index in [0.29, 0.717) is 11.3 Å². The third kappa shape index (κ3) is 1.89. The molecule has 0 saturated carbocycles. The zero-order chi connectivity index (χ0) is 8.27. The van der Waals surface area contributed by atoms with E-state index < -0.39 is 6.55 Å². The predicted molar refractivity (Wildman–Crippen MR) is 34.6 cm³/mol. The van der Waals surface area contributed by atoms with Gasteiger partial charge in [0.15, 0.2) is 0 Å². The van der Waals surface area contributed by atoms with Gasteiger partial charge < -0.3 is 4.74 Å². The van der Waals surface area contributed by atoms with Gasteiger partial charge in [-0.25, -0.2) is 4.68 Å². The molecule has 0 unspecified atom stereocenters. The van der Waals surface area contributed by atoms with Crippen molar-refractivity contribution >= 4 is 0 Å². The number of rotatable bonds is 3. The molecule has 0 aliphatic heterocycles. The number of aromatic nitrogens is 2. The van der Waals surface area contributed by atoms with Crippen LogP contribution in [0.4, 0.5) is 8.78 Å². The molecule has 0 atom stereocenters. The number of hydrogen-bond acceptors (Lipinski definition) is 2. The molecule has 1 aromatic heterocycles. The Balaban J connectivity index is 2.66. The minimum Gasteiger partial charge on any atom is -0.477 e. The van der Waals surface area contributed by atoms with E-state index in [1.165, 1.54) is 12.3 Å². The standard InChI is InChI=1S/C6H8F2N2O/c1-2-11-5-3-4-10(9-5)6(7)8/h3-4,6H,2H2,1H3. The molecule has 11 heavy (non-hydrogen) atoms. The van der Waals surface area contributed by atoms with Gasteiger partial charge >= 0.3 is 6.55 Å². The Labute approximate surface area is 62.6 Å². The molecule has 0 aliphatic carbocycles. The number of ether oxygens (including phenoxy) is 1. The number of nitrogens with zero attached hydrogens (tertiary/aromatic N) is 2. The summed E-state index contributed by atoms with van der Waals surface area (Å²) in [5.41, 5.74) is 0. The summed E-state index contributed by atoms with van der Waals surface area (Å²) in [6, 6.07) is 1.40. The van der Waals surface area contributed by atoms with Crippen molar-refractivity contribution in [1.29, 1.82) is 0 Å². The highest BCUT2D eigenvalue weighted by atomic mass is 19.3. The summed E-state index contributed by atoms with van der Waals surface area (Å²) in [5, 5.41) is 3.44. The summed E-state index contributed by atoms with van der Waals surface area (Å²) in [7, 11) is 0. The average molecular weight is 162 g/mol. The normalized spacial score (nSPS) is 10.5. The second-order valence-electron chi connectivity index (χ2n) is 1.84. The second kappa shape index (κ2) is 3.32. The van der Waals surface area contributed by atoms with Gasteiger partial charge in [0.1, 0.15) is 0 Å². The summed E-state index contributed by atoms with van der Waals surface area (Å²) >= 11 is 0. The van der Waals surface area contributed by atoms with Crippen molar-refractivity contribution < 1.29 is 13.5 Å². The van der Waals surface area contributed by atoms with Gasteiger partial charge in [-0.3, -0.25) is 0 Å². The van der Waals surface area contributed by atoms with Crippen molar-refractivity contribution in [3.63, 3.8) is 0 Å². The number of hydrogen-bond donors (Lipinski definition) is 0. The third-order valence-corrected chi connectivity index (χ3v) is 1.08. The molecule has 0 N–H and O–H groups in total. The summed E-state index contributed by atoms with van der Waals surface area (Å²) in [6.45, 7) is -0.397. The highest BCUT2D eigenvalue weighted by molar-refractivity contribution is 5.05. The van der Waals surface area contributed by atoms with E-state index in [0.717, 1.165) is 0 Å². The van der Waals surface area contributed by atoms with Crippen molar-refractivity contribution in [1.82, 2.24) is 9.78 Å². The predicted octanol–water partition coefficient (Wildman–Crippen LogP) is 1.68. The van der Waals surface area contributed by atoms with Crippen LogP contribution in [0.25, 0.3) is 0 Å². The molecule has 3 nitrogen and oxygen atoms in total. The molecule has 0 spiro atoms. The van der Waals surface area contributed by atoms with E-state index in [1.807, 2.05) is 0 Å². The lowest BCUT2D eigenvalue weighted by Crippen LogP contribution is -1.99. The maximum absolute atomic E-state index is 11.9. The molecule has 0 aliphatic rings.